The van der Waals surface area contributed by atoms with Crippen molar-refractivity contribution in [1.82, 2.24) is 0 Å². The molecule has 1 N–H and O–H groups in total. The molecule has 0 fully saturated rings. The molecule has 0 atom stereocenters. The Balaban J connectivity index is 0.000000361. The Morgan fingerprint density at radius 2 is 1.20 bits per heavy atom. The molecule has 1 aromatic rings. The highest BCUT2D eigenvalue weighted by atomic mass is 32.2. The van der Waals surface area contributed by atoms with Gasteiger partial charge in [-0.3, -0.25) is 4.55 Å². The molecule has 0 aromatic heterocycles. The van der Waals surface area contributed by atoms with Gasteiger partial charge in [-0.1, -0.05) is 83.4 Å². The molecule has 0 aliphatic carbocycles. The highest BCUT2D eigenvalue weighted by molar-refractivity contribution is 7.85. The molecule has 3 nitrogen and oxygen atoms in total. The van der Waals surface area contributed by atoms with Crippen molar-refractivity contribution in [1.29, 1.82) is 0 Å². The highest BCUT2D eigenvalue weighted by Gasteiger charge is 2.05. The molecule has 0 aliphatic rings. The predicted octanol–water partition coefficient (Wildman–Crippen LogP) is 5.08. The van der Waals surface area contributed by atoms with E-state index in [1.54, 1.807) is 18.2 Å². The molecule has 116 valence electrons. The summed E-state index contributed by atoms with van der Waals surface area (Å²) < 4.78 is 29.2. The molecular weight excluding hydrogens is 272 g/mol. The van der Waals surface area contributed by atoms with Crippen LogP contribution in [0, 0.1) is 0 Å². The van der Waals surface area contributed by atoms with Crippen LogP contribution in [0.1, 0.15) is 65.2 Å². The maximum atomic E-state index is 10.4. The van der Waals surface area contributed by atoms with E-state index in [0.717, 1.165) is 0 Å². The number of hydrogen-bond donors (Lipinski definition) is 1. The lowest BCUT2D eigenvalue weighted by Gasteiger charge is -1.97. The molecule has 0 radical (unpaired) electrons. The summed E-state index contributed by atoms with van der Waals surface area (Å²) in [5.74, 6) is 0. The van der Waals surface area contributed by atoms with Crippen molar-refractivity contribution in [2.45, 2.75) is 70.1 Å². The first-order chi connectivity index (χ1) is 9.52. The SMILES string of the molecule is CCCCCCCCCC.O=S(=O)(O)c1ccccc1. The first kappa shape index (κ1) is 19.1. The standard InChI is InChI=1S/C10H22.C6H6O3S/c1-3-5-7-9-10-8-6-4-2;7-10(8,9)6-4-2-1-3-5-6/h3-10H2,1-2H3;1-5H,(H,7,8,9). The number of rotatable bonds is 8. The van der Waals surface area contributed by atoms with Crippen molar-refractivity contribution in [3.63, 3.8) is 0 Å². The lowest BCUT2D eigenvalue weighted by atomic mass is 10.1. The Hall–Kier alpha value is -0.870. The molecule has 0 aliphatic heterocycles. The molecular formula is C16H28O3S. The zero-order valence-electron chi connectivity index (χ0n) is 12.7. The summed E-state index contributed by atoms with van der Waals surface area (Å²) in [6.07, 6.45) is 11.5. The van der Waals surface area contributed by atoms with Gasteiger partial charge in [-0.25, -0.2) is 0 Å². The lowest BCUT2D eigenvalue weighted by Crippen LogP contribution is -1.96. The van der Waals surface area contributed by atoms with E-state index in [0.29, 0.717) is 0 Å². The van der Waals surface area contributed by atoms with E-state index in [2.05, 4.69) is 13.8 Å². The molecule has 1 aromatic carbocycles. The van der Waals surface area contributed by atoms with Crippen LogP contribution in [0.3, 0.4) is 0 Å². The quantitative estimate of drug-likeness (QED) is 0.538. The molecule has 4 heteroatoms. The van der Waals surface area contributed by atoms with Gasteiger partial charge in [-0.05, 0) is 12.1 Å². The van der Waals surface area contributed by atoms with Crippen LogP contribution >= 0.6 is 0 Å². The Morgan fingerprint density at radius 3 is 1.50 bits per heavy atom. The minimum atomic E-state index is -4.00. The van der Waals surface area contributed by atoms with Gasteiger partial charge in [0, 0.05) is 0 Å². The number of unbranched alkanes of at least 4 members (excludes halogenated alkanes) is 7. The van der Waals surface area contributed by atoms with Crippen LogP contribution in [0.5, 0.6) is 0 Å². The van der Waals surface area contributed by atoms with E-state index in [1.807, 2.05) is 0 Å². The van der Waals surface area contributed by atoms with Gasteiger partial charge in [0.25, 0.3) is 10.1 Å². The van der Waals surface area contributed by atoms with Crippen molar-refractivity contribution < 1.29 is 13.0 Å². The molecule has 1 rings (SSSR count). The monoisotopic (exact) mass is 300 g/mol. The van der Waals surface area contributed by atoms with E-state index >= 15 is 0 Å². The third kappa shape index (κ3) is 11.0. The molecule has 0 heterocycles. The Kier molecular flexibility index (Phi) is 11.4. The van der Waals surface area contributed by atoms with Crippen molar-refractivity contribution >= 4 is 10.1 Å². The van der Waals surface area contributed by atoms with Crippen LogP contribution in [0.25, 0.3) is 0 Å². The fourth-order valence-corrected chi connectivity index (χ4v) is 2.30. The molecule has 0 unspecified atom stereocenters. The molecule has 0 saturated carbocycles. The number of hydrogen-bond acceptors (Lipinski definition) is 2. The van der Waals surface area contributed by atoms with Gasteiger partial charge in [0.1, 0.15) is 0 Å². The van der Waals surface area contributed by atoms with Gasteiger partial charge in [0.15, 0.2) is 0 Å². The van der Waals surface area contributed by atoms with Crippen LogP contribution in [0.4, 0.5) is 0 Å². The van der Waals surface area contributed by atoms with Crippen LogP contribution in [0.2, 0.25) is 0 Å². The Morgan fingerprint density at radius 1 is 0.800 bits per heavy atom. The smallest absolute Gasteiger partial charge is 0.282 e. The van der Waals surface area contributed by atoms with E-state index in [-0.39, 0.29) is 4.90 Å². The van der Waals surface area contributed by atoms with Crippen molar-refractivity contribution in [3.8, 4) is 0 Å². The molecule has 0 saturated heterocycles. The van der Waals surface area contributed by atoms with Crippen molar-refractivity contribution in [2.24, 2.45) is 0 Å². The maximum Gasteiger partial charge on any atom is 0.294 e. The first-order valence-corrected chi connectivity index (χ1v) is 8.98. The Labute approximate surface area is 124 Å². The molecule has 0 spiro atoms. The Bertz CT molecular complexity index is 405. The molecule has 0 amide bonds. The van der Waals surface area contributed by atoms with Gasteiger partial charge in [0.05, 0.1) is 4.90 Å². The fraction of sp³-hybridized carbons (Fsp3) is 0.625. The van der Waals surface area contributed by atoms with Gasteiger partial charge < -0.3 is 0 Å². The normalized spacial score (nSPS) is 10.8. The minimum absolute atomic E-state index is 0.0741. The second-order valence-electron chi connectivity index (χ2n) is 4.91. The first-order valence-electron chi connectivity index (χ1n) is 7.54. The van der Waals surface area contributed by atoms with E-state index in [9.17, 15) is 8.42 Å². The van der Waals surface area contributed by atoms with E-state index in [1.165, 1.54) is 63.5 Å². The zero-order chi connectivity index (χ0) is 15.3. The zero-order valence-corrected chi connectivity index (χ0v) is 13.5. The molecule has 0 bridgehead atoms. The van der Waals surface area contributed by atoms with E-state index < -0.39 is 10.1 Å². The summed E-state index contributed by atoms with van der Waals surface area (Å²) in [7, 11) is -4.00. The van der Waals surface area contributed by atoms with Crippen LogP contribution in [-0.4, -0.2) is 13.0 Å². The van der Waals surface area contributed by atoms with Crippen LogP contribution < -0.4 is 0 Å². The summed E-state index contributed by atoms with van der Waals surface area (Å²) in [5.41, 5.74) is 0. The van der Waals surface area contributed by atoms with Gasteiger partial charge >= 0.3 is 0 Å². The summed E-state index contributed by atoms with van der Waals surface area (Å²) in [6, 6.07) is 7.42. The molecule has 20 heavy (non-hydrogen) atoms. The topological polar surface area (TPSA) is 54.4 Å². The minimum Gasteiger partial charge on any atom is -0.282 e. The predicted molar refractivity (Wildman–Crippen MR) is 84.5 cm³/mol. The van der Waals surface area contributed by atoms with Crippen LogP contribution in [-0.2, 0) is 10.1 Å². The van der Waals surface area contributed by atoms with Crippen LogP contribution in [0.15, 0.2) is 35.2 Å². The largest absolute Gasteiger partial charge is 0.294 e. The highest BCUT2D eigenvalue weighted by Crippen LogP contribution is 2.07. The summed E-state index contributed by atoms with van der Waals surface area (Å²) >= 11 is 0. The second-order valence-corrected chi connectivity index (χ2v) is 6.33. The summed E-state index contributed by atoms with van der Waals surface area (Å²) in [5, 5.41) is 0. The lowest BCUT2D eigenvalue weighted by molar-refractivity contribution is 0.483. The third-order valence-electron chi connectivity index (χ3n) is 3.00. The third-order valence-corrected chi connectivity index (χ3v) is 3.87. The summed E-state index contributed by atoms with van der Waals surface area (Å²) in [6.45, 7) is 4.54. The second kappa shape index (κ2) is 11.9. The van der Waals surface area contributed by atoms with Crippen molar-refractivity contribution in [2.75, 3.05) is 0 Å². The fourth-order valence-electron chi connectivity index (χ4n) is 1.80. The summed E-state index contributed by atoms with van der Waals surface area (Å²) in [4.78, 5) is -0.0741. The van der Waals surface area contributed by atoms with Gasteiger partial charge in [0.2, 0.25) is 0 Å². The average Bonchev–Trinajstić information content (AvgIpc) is 2.44. The number of benzene rings is 1. The average molecular weight is 300 g/mol. The maximum absolute atomic E-state index is 10.4. The van der Waals surface area contributed by atoms with E-state index in [4.69, 9.17) is 4.55 Å². The van der Waals surface area contributed by atoms with Gasteiger partial charge in [-0.15, -0.1) is 0 Å². The van der Waals surface area contributed by atoms with Gasteiger partial charge in [-0.2, -0.15) is 8.42 Å². The van der Waals surface area contributed by atoms with Crippen molar-refractivity contribution in [3.05, 3.63) is 30.3 Å².